The summed E-state index contributed by atoms with van der Waals surface area (Å²) >= 11 is 0. The van der Waals surface area contributed by atoms with E-state index in [9.17, 15) is 4.79 Å². The van der Waals surface area contributed by atoms with Gasteiger partial charge >= 0.3 is 5.97 Å². The summed E-state index contributed by atoms with van der Waals surface area (Å²) in [7, 11) is 1.47. The van der Waals surface area contributed by atoms with Crippen LogP contribution in [0.1, 0.15) is 29.3 Å². The molecule has 0 spiro atoms. The van der Waals surface area contributed by atoms with Crippen molar-refractivity contribution in [3.05, 3.63) is 71.4 Å². The zero-order valence-corrected chi connectivity index (χ0v) is 14.4. The zero-order valence-electron chi connectivity index (χ0n) is 14.4. The van der Waals surface area contributed by atoms with Crippen LogP contribution in [0.15, 0.2) is 54.6 Å². The molecule has 25 heavy (non-hydrogen) atoms. The van der Waals surface area contributed by atoms with Crippen LogP contribution in [-0.2, 0) is 22.4 Å². The van der Waals surface area contributed by atoms with Gasteiger partial charge in [-0.15, -0.1) is 0 Å². The first-order valence-electron chi connectivity index (χ1n) is 8.82. The normalized spacial score (nSPS) is 19.6. The van der Waals surface area contributed by atoms with Crippen molar-refractivity contribution in [1.29, 1.82) is 0 Å². The molecule has 3 aromatic rings. The van der Waals surface area contributed by atoms with Crippen LogP contribution < -0.4 is 5.32 Å². The third kappa shape index (κ3) is 3.05. The molecule has 4 heteroatoms. The number of esters is 1. The van der Waals surface area contributed by atoms with Crippen molar-refractivity contribution in [2.75, 3.05) is 7.11 Å². The predicted octanol–water partition coefficient (Wildman–Crippen LogP) is 2.50. The van der Waals surface area contributed by atoms with Crippen molar-refractivity contribution in [3.63, 3.8) is 0 Å². The minimum Gasteiger partial charge on any atom is -0.465 e. The van der Waals surface area contributed by atoms with Crippen molar-refractivity contribution in [1.82, 2.24) is 4.98 Å². The van der Waals surface area contributed by atoms with Gasteiger partial charge in [0.05, 0.1) is 12.8 Å². The molecule has 0 amide bonds. The van der Waals surface area contributed by atoms with E-state index in [1.807, 2.05) is 12.1 Å². The highest BCUT2D eigenvalue weighted by molar-refractivity contribution is 5.86. The Hall–Kier alpha value is -2.59. The van der Waals surface area contributed by atoms with Gasteiger partial charge in [0.1, 0.15) is 6.04 Å². The first-order chi connectivity index (χ1) is 12.3. The van der Waals surface area contributed by atoms with E-state index in [0.29, 0.717) is 6.42 Å². The molecule has 4 rings (SSSR count). The molecule has 4 nitrogen and oxygen atoms in total. The summed E-state index contributed by atoms with van der Waals surface area (Å²) < 4.78 is 5.02. The molecule has 1 aromatic heterocycles. The van der Waals surface area contributed by atoms with Gasteiger partial charge in [-0.2, -0.15) is 0 Å². The molecule has 0 unspecified atom stereocenters. The lowest BCUT2D eigenvalue weighted by molar-refractivity contribution is -0.721. The number of aromatic amines is 1. The Labute approximate surface area is 147 Å². The number of hydrogen-bond acceptors (Lipinski definition) is 2. The molecular formula is C21H23N2O2+. The highest BCUT2D eigenvalue weighted by Crippen LogP contribution is 2.30. The lowest BCUT2D eigenvalue weighted by Crippen LogP contribution is -2.94. The average Bonchev–Trinajstić information content (AvgIpc) is 3.05. The van der Waals surface area contributed by atoms with E-state index >= 15 is 0 Å². The van der Waals surface area contributed by atoms with Crippen molar-refractivity contribution >= 4 is 16.9 Å². The Morgan fingerprint density at radius 2 is 1.92 bits per heavy atom. The average molecular weight is 335 g/mol. The van der Waals surface area contributed by atoms with Crippen LogP contribution in [0.2, 0.25) is 0 Å². The number of para-hydroxylation sites is 1. The fourth-order valence-corrected chi connectivity index (χ4v) is 3.94. The standard InChI is InChI=1S/C21H22N2O2/c1-25-21(24)19-13-16-15-9-5-6-10-17(15)23-20(16)18(22-19)12-11-14-7-3-2-4-8-14/h2-10,18-19,22-23H,11-13H2,1H3/p+1/t18-,19+/m1/s1. The van der Waals surface area contributed by atoms with Crippen LogP contribution >= 0.6 is 0 Å². The van der Waals surface area contributed by atoms with E-state index in [1.54, 1.807) is 0 Å². The molecule has 1 aliphatic heterocycles. The summed E-state index contributed by atoms with van der Waals surface area (Å²) in [6, 6.07) is 18.9. The second-order valence-corrected chi connectivity index (χ2v) is 6.72. The van der Waals surface area contributed by atoms with Gasteiger partial charge in [0, 0.05) is 23.7 Å². The zero-order chi connectivity index (χ0) is 17.2. The Bertz CT molecular complexity index is 885. The molecular weight excluding hydrogens is 312 g/mol. The molecule has 0 bridgehead atoms. The predicted molar refractivity (Wildman–Crippen MR) is 97.2 cm³/mol. The number of ether oxygens (including phenoxy) is 1. The van der Waals surface area contributed by atoms with Gasteiger partial charge in [0.2, 0.25) is 0 Å². The maximum absolute atomic E-state index is 12.2. The largest absolute Gasteiger partial charge is 0.465 e. The van der Waals surface area contributed by atoms with Gasteiger partial charge in [-0.3, -0.25) is 0 Å². The Morgan fingerprint density at radius 1 is 1.16 bits per heavy atom. The summed E-state index contributed by atoms with van der Waals surface area (Å²) in [5.74, 6) is -0.138. The lowest BCUT2D eigenvalue weighted by atomic mass is 9.91. The number of aryl methyl sites for hydroxylation is 1. The summed E-state index contributed by atoms with van der Waals surface area (Å²) in [5, 5.41) is 3.40. The molecule has 2 aromatic carbocycles. The number of rotatable bonds is 4. The van der Waals surface area contributed by atoms with E-state index in [2.05, 4.69) is 52.8 Å². The quantitative estimate of drug-likeness (QED) is 0.720. The van der Waals surface area contributed by atoms with Crippen molar-refractivity contribution < 1.29 is 14.8 Å². The Kier molecular flexibility index (Phi) is 4.28. The number of carbonyl (C=O) groups is 1. The maximum Gasteiger partial charge on any atom is 0.364 e. The molecule has 128 valence electrons. The monoisotopic (exact) mass is 335 g/mol. The summed E-state index contributed by atoms with van der Waals surface area (Å²) in [5.41, 5.74) is 5.01. The van der Waals surface area contributed by atoms with Gasteiger partial charge in [-0.05, 0) is 23.6 Å². The molecule has 0 saturated carbocycles. The molecule has 0 fully saturated rings. The summed E-state index contributed by atoms with van der Waals surface area (Å²) in [6.07, 6.45) is 2.69. The molecule has 3 N–H and O–H groups in total. The van der Waals surface area contributed by atoms with Gasteiger partial charge in [-0.25, -0.2) is 4.79 Å². The first-order valence-corrected chi connectivity index (χ1v) is 8.82. The fraction of sp³-hybridized carbons (Fsp3) is 0.286. The molecule has 2 atom stereocenters. The summed E-state index contributed by atoms with van der Waals surface area (Å²) in [4.78, 5) is 15.8. The molecule has 1 aliphatic rings. The SMILES string of the molecule is COC(=O)[C@@H]1Cc2c([nH]c3ccccc23)[C@@H](CCc2ccccc2)[NH2+]1. The third-order valence-corrected chi connectivity index (χ3v) is 5.20. The van der Waals surface area contributed by atoms with Crippen LogP contribution in [0.25, 0.3) is 10.9 Å². The molecule has 0 aliphatic carbocycles. The van der Waals surface area contributed by atoms with Crippen LogP contribution in [0.5, 0.6) is 0 Å². The minimum atomic E-state index is -0.169. The fourth-order valence-electron chi connectivity index (χ4n) is 3.94. The van der Waals surface area contributed by atoms with Crippen LogP contribution in [0.4, 0.5) is 0 Å². The Morgan fingerprint density at radius 3 is 2.72 bits per heavy atom. The number of methoxy groups -OCH3 is 1. The number of benzene rings is 2. The van der Waals surface area contributed by atoms with Crippen molar-refractivity contribution in [2.45, 2.75) is 31.3 Å². The molecule has 0 radical (unpaired) electrons. The van der Waals surface area contributed by atoms with Gasteiger partial charge < -0.3 is 15.0 Å². The number of fused-ring (bicyclic) bond motifs is 3. The van der Waals surface area contributed by atoms with E-state index in [-0.39, 0.29) is 18.1 Å². The van der Waals surface area contributed by atoms with E-state index < -0.39 is 0 Å². The van der Waals surface area contributed by atoms with Gasteiger partial charge in [0.25, 0.3) is 0 Å². The lowest BCUT2D eigenvalue weighted by Gasteiger charge is -2.26. The third-order valence-electron chi connectivity index (χ3n) is 5.20. The Balaban J connectivity index is 1.66. The van der Waals surface area contributed by atoms with Crippen LogP contribution in [-0.4, -0.2) is 24.1 Å². The van der Waals surface area contributed by atoms with Crippen LogP contribution in [0, 0.1) is 0 Å². The van der Waals surface area contributed by atoms with E-state index in [4.69, 9.17) is 4.74 Å². The van der Waals surface area contributed by atoms with E-state index in [0.717, 1.165) is 18.4 Å². The van der Waals surface area contributed by atoms with Crippen molar-refractivity contribution in [2.24, 2.45) is 0 Å². The number of aromatic nitrogens is 1. The smallest absolute Gasteiger partial charge is 0.364 e. The number of H-pyrrole nitrogens is 1. The summed E-state index contributed by atoms with van der Waals surface area (Å²) in [6.45, 7) is 0. The number of hydrogen-bond donors (Lipinski definition) is 2. The highest BCUT2D eigenvalue weighted by atomic mass is 16.5. The van der Waals surface area contributed by atoms with Crippen LogP contribution in [0.3, 0.4) is 0 Å². The highest BCUT2D eigenvalue weighted by Gasteiger charge is 2.37. The van der Waals surface area contributed by atoms with Gasteiger partial charge in [0.15, 0.2) is 6.04 Å². The molecule has 2 heterocycles. The maximum atomic E-state index is 12.2. The second-order valence-electron chi connectivity index (χ2n) is 6.72. The van der Waals surface area contributed by atoms with E-state index in [1.165, 1.54) is 29.3 Å². The van der Waals surface area contributed by atoms with Gasteiger partial charge in [-0.1, -0.05) is 48.5 Å². The number of nitrogens with one attached hydrogen (secondary N) is 1. The number of nitrogens with two attached hydrogens (primary N) is 1. The molecule has 0 saturated heterocycles. The first kappa shape index (κ1) is 15.9. The van der Waals surface area contributed by atoms with Crippen molar-refractivity contribution in [3.8, 4) is 0 Å². The number of carbonyl (C=O) groups excluding carboxylic acids is 1. The second kappa shape index (κ2) is 6.73. The number of quaternary nitrogens is 1. The minimum absolute atomic E-state index is 0.138. The topological polar surface area (TPSA) is 58.7 Å².